The third-order valence-corrected chi connectivity index (χ3v) is 4.12. The van der Waals surface area contributed by atoms with Gasteiger partial charge in [-0.25, -0.2) is 13.2 Å². The molecule has 2 unspecified atom stereocenters. The Bertz CT molecular complexity index is 441. The number of halogens is 3. The molecule has 2 saturated heterocycles. The zero-order chi connectivity index (χ0) is 13.4. The number of hydrogen-bond acceptors (Lipinski definition) is 2. The smallest absolute Gasteiger partial charge is 0.194 e. The Morgan fingerprint density at radius 3 is 2.58 bits per heavy atom. The van der Waals surface area contributed by atoms with E-state index in [0.29, 0.717) is 24.1 Å². The summed E-state index contributed by atoms with van der Waals surface area (Å²) >= 11 is 0. The van der Waals surface area contributed by atoms with E-state index in [1.165, 1.54) is 12.8 Å². The quantitative estimate of drug-likeness (QED) is 0.829. The minimum absolute atomic E-state index is 0.475. The van der Waals surface area contributed by atoms with Crippen molar-refractivity contribution < 1.29 is 13.2 Å². The molecule has 3 rings (SSSR count). The SMILES string of the molecule is Fc1cc(CN2CC3CCCNC3C2)cc(F)c1F. The molecule has 104 valence electrons. The fourth-order valence-electron chi connectivity index (χ4n) is 3.22. The van der Waals surface area contributed by atoms with Gasteiger partial charge in [0.05, 0.1) is 0 Å². The van der Waals surface area contributed by atoms with Gasteiger partial charge in [-0.15, -0.1) is 0 Å². The summed E-state index contributed by atoms with van der Waals surface area (Å²) in [6, 6.07) is 2.67. The molecule has 5 heteroatoms. The van der Waals surface area contributed by atoms with Gasteiger partial charge in [0, 0.05) is 25.7 Å². The Morgan fingerprint density at radius 1 is 1.16 bits per heavy atom. The van der Waals surface area contributed by atoms with E-state index in [1.807, 2.05) is 0 Å². The van der Waals surface area contributed by atoms with Gasteiger partial charge in [-0.2, -0.15) is 0 Å². The molecule has 0 aromatic heterocycles. The van der Waals surface area contributed by atoms with Crippen LogP contribution in [-0.2, 0) is 6.54 Å². The van der Waals surface area contributed by atoms with E-state index in [2.05, 4.69) is 10.2 Å². The van der Waals surface area contributed by atoms with Gasteiger partial charge >= 0.3 is 0 Å². The maximum atomic E-state index is 13.2. The summed E-state index contributed by atoms with van der Waals surface area (Å²) in [6.07, 6.45) is 2.40. The molecule has 2 atom stereocenters. The maximum Gasteiger partial charge on any atom is 0.194 e. The second kappa shape index (κ2) is 5.13. The fourth-order valence-corrected chi connectivity index (χ4v) is 3.22. The summed E-state index contributed by atoms with van der Waals surface area (Å²) in [5.74, 6) is -2.97. The van der Waals surface area contributed by atoms with Crippen molar-refractivity contribution in [2.45, 2.75) is 25.4 Å². The molecule has 1 N–H and O–H groups in total. The molecule has 0 aliphatic carbocycles. The van der Waals surface area contributed by atoms with Crippen molar-refractivity contribution in [2.75, 3.05) is 19.6 Å². The third kappa shape index (κ3) is 2.62. The van der Waals surface area contributed by atoms with Gasteiger partial charge in [0.2, 0.25) is 0 Å². The van der Waals surface area contributed by atoms with Crippen molar-refractivity contribution >= 4 is 0 Å². The summed E-state index contributed by atoms with van der Waals surface area (Å²) in [4.78, 5) is 2.18. The number of hydrogen-bond donors (Lipinski definition) is 1. The summed E-state index contributed by atoms with van der Waals surface area (Å²) in [5, 5.41) is 3.48. The van der Waals surface area contributed by atoms with Gasteiger partial charge < -0.3 is 5.32 Å². The van der Waals surface area contributed by atoms with Crippen LogP contribution in [0.1, 0.15) is 18.4 Å². The van der Waals surface area contributed by atoms with E-state index in [1.54, 1.807) is 0 Å². The highest BCUT2D eigenvalue weighted by Crippen LogP contribution is 2.26. The van der Waals surface area contributed by atoms with Crippen LogP contribution in [0.25, 0.3) is 0 Å². The van der Waals surface area contributed by atoms with Crippen LogP contribution in [0.15, 0.2) is 12.1 Å². The lowest BCUT2D eigenvalue weighted by Crippen LogP contribution is -2.40. The highest BCUT2D eigenvalue weighted by Gasteiger charge is 2.34. The van der Waals surface area contributed by atoms with Crippen LogP contribution < -0.4 is 5.32 Å². The van der Waals surface area contributed by atoms with Crippen LogP contribution in [0.3, 0.4) is 0 Å². The van der Waals surface area contributed by atoms with Crippen molar-refractivity contribution in [3.8, 4) is 0 Å². The number of fused-ring (bicyclic) bond motifs is 1. The van der Waals surface area contributed by atoms with Gasteiger partial charge in [-0.3, -0.25) is 4.90 Å². The topological polar surface area (TPSA) is 15.3 Å². The minimum atomic E-state index is -1.39. The molecular weight excluding hydrogens is 253 g/mol. The van der Waals surface area contributed by atoms with Gasteiger partial charge in [-0.1, -0.05) is 0 Å². The average Bonchev–Trinajstić information content (AvgIpc) is 2.78. The van der Waals surface area contributed by atoms with Gasteiger partial charge in [0.25, 0.3) is 0 Å². The molecular formula is C14H17F3N2. The zero-order valence-electron chi connectivity index (χ0n) is 10.6. The lowest BCUT2D eigenvalue weighted by atomic mass is 9.94. The number of piperidine rings is 1. The molecule has 2 aliphatic rings. The molecule has 19 heavy (non-hydrogen) atoms. The number of rotatable bonds is 2. The van der Waals surface area contributed by atoms with E-state index in [9.17, 15) is 13.2 Å². The monoisotopic (exact) mass is 270 g/mol. The Kier molecular flexibility index (Phi) is 3.50. The van der Waals surface area contributed by atoms with Crippen LogP contribution >= 0.6 is 0 Å². The lowest BCUT2D eigenvalue weighted by Gasteiger charge is -2.24. The van der Waals surface area contributed by atoms with Gasteiger partial charge in [0.15, 0.2) is 17.5 Å². The van der Waals surface area contributed by atoms with Crippen LogP contribution in [0.4, 0.5) is 13.2 Å². The van der Waals surface area contributed by atoms with Gasteiger partial charge in [0.1, 0.15) is 0 Å². The van der Waals surface area contributed by atoms with Crippen molar-refractivity contribution in [2.24, 2.45) is 5.92 Å². The van der Waals surface area contributed by atoms with E-state index < -0.39 is 17.5 Å². The second-order valence-electron chi connectivity index (χ2n) is 5.53. The maximum absolute atomic E-state index is 13.2. The average molecular weight is 270 g/mol. The number of likely N-dealkylation sites (tertiary alicyclic amines) is 1. The molecule has 0 radical (unpaired) electrons. The number of benzene rings is 1. The first-order valence-electron chi connectivity index (χ1n) is 6.72. The van der Waals surface area contributed by atoms with Crippen molar-refractivity contribution in [1.82, 2.24) is 10.2 Å². The zero-order valence-corrected chi connectivity index (χ0v) is 10.6. The predicted octanol–water partition coefficient (Wildman–Crippen LogP) is 2.29. The first-order chi connectivity index (χ1) is 9.13. The van der Waals surface area contributed by atoms with E-state index in [4.69, 9.17) is 0 Å². The van der Waals surface area contributed by atoms with E-state index in [-0.39, 0.29) is 0 Å². The molecule has 1 aromatic rings. The highest BCUT2D eigenvalue weighted by atomic mass is 19.2. The highest BCUT2D eigenvalue weighted by molar-refractivity contribution is 5.19. The summed E-state index contributed by atoms with van der Waals surface area (Å²) in [7, 11) is 0. The molecule has 0 bridgehead atoms. The standard InChI is InChI=1S/C14H17F3N2/c15-11-4-9(5-12(16)14(11)17)6-19-7-10-2-1-3-18-13(10)8-19/h4-5,10,13,18H,1-3,6-8H2. The first kappa shape index (κ1) is 12.9. The Balaban J connectivity index is 1.69. The van der Waals surface area contributed by atoms with Crippen LogP contribution in [0, 0.1) is 23.4 Å². The largest absolute Gasteiger partial charge is 0.312 e. The number of nitrogens with zero attached hydrogens (tertiary/aromatic N) is 1. The molecule has 2 heterocycles. The molecule has 2 nitrogen and oxygen atoms in total. The Hall–Kier alpha value is -1.07. The van der Waals surface area contributed by atoms with Crippen molar-refractivity contribution in [3.05, 3.63) is 35.1 Å². The molecule has 0 spiro atoms. The van der Waals surface area contributed by atoms with Crippen LogP contribution in [0.5, 0.6) is 0 Å². The molecule has 2 aliphatic heterocycles. The molecule has 2 fully saturated rings. The summed E-state index contributed by atoms with van der Waals surface area (Å²) < 4.78 is 39.2. The van der Waals surface area contributed by atoms with E-state index >= 15 is 0 Å². The van der Waals surface area contributed by atoms with Crippen LogP contribution in [-0.4, -0.2) is 30.6 Å². The normalized spacial score (nSPS) is 27.5. The summed E-state index contributed by atoms with van der Waals surface area (Å²) in [6.45, 7) is 3.36. The van der Waals surface area contributed by atoms with Crippen molar-refractivity contribution in [1.29, 1.82) is 0 Å². The fraction of sp³-hybridized carbons (Fsp3) is 0.571. The minimum Gasteiger partial charge on any atom is -0.312 e. The number of nitrogens with one attached hydrogen (secondary N) is 1. The van der Waals surface area contributed by atoms with E-state index in [0.717, 1.165) is 31.8 Å². The van der Waals surface area contributed by atoms with Gasteiger partial charge in [-0.05, 0) is 43.0 Å². The first-order valence-corrected chi connectivity index (χ1v) is 6.72. The lowest BCUT2D eigenvalue weighted by molar-refractivity contribution is 0.311. The molecule has 0 saturated carbocycles. The van der Waals surface area contributed by atoms with Crippen LogP contribution in [0.2, 0.25) is 0 Å². The second-order valence-corrected chi connectivity index (χ2v) is 5.53. The predicted molar refractivity (Wildman–Crippen MR) is 66.1 cm³/mol. The molecule has 1 aromatic carbocycles. The molecule has 0 amide bonds. The Morgan fingerprint density at radius 2 is 1.89 bits per heavy atom. The Labute approximate surface area is 110 Å². The third-order valence-electron chi connectivity index (χ3n) is 4.12. The summed E-state index contributed by atoms with van der Waals surface area (Å²) in [5.41, 5.74) is 0.495. The van der Waals surface area contributed by atoms with Crippen molar-refractivity contribution in [3.63, 3.8) is 0 Å².